The van der Waals surface area contributed by atoms with Gasteiger partial charge in [-0.25, -0.2) is 0 Å². The summed E-state index contributed by atoms with van der Waals surface area (Å²) >= 11 is 8.26. The summed E-state index contributed by atoms with van der Waals surface area (Å²) in [4.78, 5) is 12.1. The summed E-state index contributed by atoms with van der Waals surface area (Å²) in [5.74, 6) is 0.578. The van der Waals surface area contributed by atoms with Gasteiger partial charge in [-0.1, -0.05) is 29.8 Å². The highest BCUT2D eigenvalue weighted by Gasteiger charge is 2.10. The largest absolute Gasteiger partial charge is 0.496 e. The maximum atomic E-state index is 12.1. The monoisotopic (exact) mass is 401 g/mol. The lowest BCUT2D eigenvalue weighted by Crippen LogP contribution is -2.15. The molecular formula is C15H13ClINO2. The van der Waals surface area contributed by atoms with Crippen molar-refractivity contribution < 1.29 is 9.53 Å². The Labute approximate surface area is 136 Å². The number of nitrogens with one attached hydrogen (secondary N) is 1. The zero-order valence-corrected chi connectivity index (χ0v) is 13.7. The second-order valence-electron chi connectivity index (χ2n) is 4.16. The number of anilines is 1. The molecule has 0 bridgehead atoms. The average Bonchev–Trinajstić information content (AvgIpc) is 2.42. The average molecular weight is 402 g/mol. The SMILES string of the molecule is COc1ccccc1CC(=O)Nc1ccc(I)cc1Cl. The highest BCUT2D eigenvalue weighted by molar-refractivity contribution is 14.1. The molecule has 0 aliphatic rings. The first kappa shape index (κ1) is 15.1. The molecule has 0 atom stereocenters. The molecule has 0 aliphatic heterocycles. The van der Waals surface area contributed by atoms with Crippen LogP contribution in [0, 0.1) is 3.57 Å². The Balaban J connectivity index is 2.09. The number of para-hydroxylation sites is 1. The van der Waals surface area contributed by atoms with Gasteiger partial charge in [0.2, 0.25) is 5.91 Å². The van der Waals surface area contributed by atoms with Crippen molar-refractivity contribution in [3.8, 4) is 5.75 Å². The third kappa shape index (κ3) is 3.86. The molecule has 0 spiro atoms. The van der Waals surface area contributed by atoms with Crippen LogP contribution in [-0.4, -0.2) is 13.0 Å². The third-order valence-corrected chi connectivity index (χ3v) is 3.73. The molecule has 0 saturated heterocycles. The number of methoxy groups -OCH3 is 1. The highest BCUT2D eigenvalue weighted by atomic mass is 127. The van der Waals surface area contributed by atoms with Gasteiger partial charge in [-0.3, -0.25) is 4.79 Å². The summed E-state index contributed by atoms with van der Waals surface area (Å²) in [5.41, 5.74) is 1.46. The lowest BCUT2D eigenvalue weighted by atomic mass is 10.1. The fraction of sp³-hybridized carbons (Fsp3) is 0.133. The zero-order chi connectivity index (χ0) is 14.5. The number of carbonyl (C=O) groups excluding carboxylic acids is 1. The van der Waals surface area contributed by atoms with Crippen LogP contribution >= 0.6 is 34.2 Å². The van der Waals surface area contributed by atoms with E-state index in [0.29, 0.717) is 16.5 Å². The first-order valence-electron chi connectivity index (χ1n) is 5.97. The van der Waals surface area contributed by atoms with E-state index in [1.165, 1.54) is 0 Å². The summed E-state index contributed by atoms with van der Waals surface area (Å²) in [6, 6.07) is 12.9. The summed E-state index contributed by atoms with van der Waals surface area (Å²) in [5, 5.41) is 3.34. The Kier molecular flexibility index (Phi) is 5.25. The quantitative estimate of drug-likeness (QED) is 0.782. The smallest absolute Gasteiger partial charge is 0.228 e. The zero-order valence-electron chi connectivity index (χ0n) is 10.8. The molecule has 2 aromatic rings. The van der Waals surface area contributed by atoms with Crippen LogP contribution in [0.4, 0.5) is 5.69 Å². The molecule has 5 heteroatoms. The molecule has 3 nitrogen and oxygen atoms in total. The molecule has 0 aromatic heterocycles. The second-order valence-corrected chi connectivity index (χ2v) is 5.81. The van der Waals surface area contributed by atoms with E-state index in [1.807, 2.05) is 30.3 Å². The van der Waals surface area contributed by atoms with Gasteiger partial charge in [-0.05, 0) is 46.9 Å². The van der Waals surface area contributed by atoms with E-state index in [0.717, 1.165) is 9.13 Å². The summed E-state index contributed by atoms with van der Waals surface area (Å²) in [6.45, 7) is 0. The van der Waals surface area contributed by atoms with Crippen LogP contribution in [0.3, 0.4) is 0 Å². The molecule has 2 rings (SSSR count). The van der Waals surface area contributed by atoms with Gasteiger partial charge in [0.05, 0.1) is 24.2 Å². The number of rotatable bonds is 4. The molecule has 0 aliphatic carbocycles. The third-order valence-electron chi connectivity index (χ3n) is 2.75. The van der Waals surface area contributed by atoms with Crippen LogP contribution in [-0.2, 0) is 11.2 Å². The highest BCUT2D eigenvalue weighted by Crippen LogP contribution is 2.24. The van der Waals surface area contributed by atoms with Gasteiger partial charge >= 0.3 is 0 Å². The van der Waals surface area contributed by atoms with Crippen LogP contribution in [0.1, 0.15) is 5.56 Å². The number of hydrogen-bond acceptors (Lipinski definition) is 2. The molecule has 0 radical (unpaired) electrons. The summed E-state index contributed by atoms with van der Waals surface area (Å²) in [6.07, 6.45) is 0.242. The fourth-order valence-corrected chi connectivity index (χ4v) is 2.71. The molecule has 0 unspecified atom stereocenters. The molecular weight excluding hydrogens is 389 g/mol. The van der Waals surface area contributed by atoms with Crippen molar-refractivity contribution in [3.05, 3.63) is 56.6 Å². The van der Waals surface area contributed by atoms with E-state index in [9.17, 15) is 4.79 Å². The van der Waals surface area contributed by atoms with Crippen molar-refractivity contribution in [1.29, 1.82) is 0 Å². The predicted octanol–water partition coefficient (Wildman–Crippen LogP) is 4.13. The van der Waals surface area contributed by atoms with Crippen molar-refractivity contribution >= 4 is 45.8 Å². The predicted molar refractivity (Wildman–Crippen MR) is 89.5 cm³/mol. The lowest BCUT2D eigenvalue weighted by molar-refractivity contribution is -0.115. The van der Waals surface area contributed by atoms with Crippen LogP contribution in [0.5, 0.6) is 5.75 Å². The summed E-state index contributed by atoms with van der Waals surface area (Å²) in [7, 11) is 1.59. The molecule has 20 heavy (non-hydrogen) atoms. The second kappa shape index (κ2) is 6.95. The van der Waals surface area contributed by atoms with E-state index < -0.39 is 0 Å². The van der Waals surface area contributed by atoms with Crippen molar-refractivity contribution in [2.24, 2.45) is 0 Å². The number of ether oxygens (including phenoxy) is 1. The van der Waals surface area contributed by atoms with E-state index in [2.05, 4.69) is 27.9 Å². The van der Waals surface area contributed by atoms with Gasteiger partial charge in [0.15, 0.2) is 0 Å². The summed E-state index contributed by atoms with van der Waals surface area (Å²) < 4.78 is 6.25. The number of carbonyl (C=O) groups is 1. The van der Waals surface area contributed by atoms with Crippen molar-refractivity contribution in [1.82, 2.24) is 0 Å². The van der Waals surface area contributed by atoms with Gasteiger partial charge in [0, 0.05) is 9.13 Å². The Morgan fingerprint density at radius 3 is 2.75 bits per heavy atom. The number of hydrogen-bond donors (Lipinski definition) is 1. The maximum Gasteiger partial charge on any atom is 0.228 e. The van der Waals surface area contributed by atoms with E-state index >= 15 is 0 Å². The Morgan fingerprint density at radius 2 is 2.05 bits per heavy atom. The van der Waals surface area contributed by atoms with Crippen molar-refractivity contribution in [2.45, 2.75) is 6.42 Å². The first-order valence-corrected chi connectivity index (χ1v) is 7.42. The van der Waals surface area contributed by atoms with Gasteiger partial charge in [-0.15, -0.1) is 0 Å². The molecule has 1 amide bonds. The minimum atomic E-state index is -0.127. The first-order chi connectivity index (χ1) is 9.60. The van der Waals surface area contributed by atoms with Crippen molar-refractivity contribution in [2.75, 3.05) is 12.4 Å². The topological polar surface area (TPSA) is 38.3 Å². The minimum Gasteiger partial charge on any atom is -0.496 e. The van der Waals surface area contributed by atoms with Crippen LogP contribution in [0.15, 0.2) is 42.5 Å². The molecule has 2 aromatic carbocycles. The van der Waals surface area contributed by atoms with Crippen molar-refractivity contribution in [3.63, 3.8) is 0 Å². The van der Waals surface area contributed by atoms with E-state index in [4.69, 9.17) is 16.3 Å². The van der Waals surface area contributed by atoms with Gasteiger partial charge < -0.3 is 10.1 Å². The van der Waals surface area contributed by atoms with Gasteiger partial charge in [-0.2, -0.15) is 0 Å². The lowest BCUT2D eigenvalue weighted by Gasteiger charge is -2.10. The Morgan fingerprint density at radius 1 is 1.30 bits per heavy atom. The number of benzene rings is 2. The normalized spacial score (nSPS) is 10.2. The maximum absolute atomic E-state index is 12.1. The molecule has 104 valence electrons. The van der Waals surface area contributed by atoms with Crippen LogP contribution < -0.4 is 10.1 Å². The fourth-order valence-electron chi connectivity index (χ4n) is 1.81. The standard InChI is InChI=1S/C15H13ClINO2/c1-20-14-5-3-2-4-10(14)8-15(19)18-13-7-6-11(17)9-12(13)16/h2-7,9H,8H2,1H3,(H,18,19). The molecule has 0 fully saturated rings. The Hall–Kier alpha value is -1.27. The van der Waals surface area contributed by atoms with Crippen LogP contribution in [0.2, 0.25) is 5.02 Å². The van der Waals surface area contributed by atoms with Gasteiger partial charge in [0.25, 0.3) is 0 Å². The molecule has 0 saturated carbocycles. The van der Waals surface area contributed by atoms with E-state index in [-0.39, 0.29) is 12.3 Å². The Bertz CT molecular complexity index is 631. The number of halogens is 2. The molecule has 0 heterocycles. The van der Waals surface area contributed by atoms with Crippen LogP contribution in [0.25, 0.3) is 0 Å². The van der Waals surface area contributed by atoms with Gasteiger partial charge in [0.1, 0.15) is 5.75 Å². The number of amides is 1. The molecule has 1 N–H and O–H groups in total. The van der Waals surface area contributed by atoms with E-state index in [1.54, 1.807) is 19.2 Å². The minimum absolute atomic E-state index is 0.127.